The lowest BCUT2D eigenvalue weighted by Crippen LogP contribution is -2.46. The van der Waals surface area contributed by atoms with Gasteiger partial charge in [-0.1, -0.05) is 56.3 Å². The molecule has 0 fully saturated rings. The van der Waals surface area contributed by atoms with Crippen LogP contribution >= 0.6 is 0 Å². The third-order valence-electron chi connectivity index (χ3n) is 5.75. The monoisotopic (exact) mass is 508 g/mol. The SMILES string of the molecule is CCCN(CCC)C(Cc1ccc(OC(F)(F)F)cc1)CN(c1ccc2ccccc2c1)S(=O)O. The normalized spacial score (nSPS) is 13.7. The minimum Gasteiger partial charge on any atom is -0.406 e. The third kappa shape index (κ3) is 7.95. The molecule has 0 saturated carbocycles. The number of anilines is 1. The van der Waals surface area contributed by atoms with Gasteiger partial charge in [0.15, 0.2) is 0 Å². The summed E-state index contributed by atoms with van der Waals surface area (Å²) in [4.78, 5) is 2.28. The van der Waals surface area contributed by atoms with E-state index < -0.39 is 17.6 Å². The van der Waals surface area contributed by atoms with E-state index in [0.29, 0.717) is 12.1 Å². The van der Waals surface area contributed by atoms with E-state index in [-0.39, 0.29) is 18.3 Å². The lowest BCUT2D eigenvalue weighted by atomic mass is 10.0. The first-order chi connectivity index (χ1) is 16.7. The smallest absolute Gasteiger partial charge is 0.406 e. The summed E-state index contributed by atoms with van der Waals surface area (Å²) in [5.41, 5.74) is 1.46. The maximum absolute atomic E-state index is 12.5. The van der Waals surface area contributed by atoms with Crippen LogP contribution in [0, 0.1) is 0 Å². The van der Waals surface area contributed by atoms with Crippen LogP contribution in [0.15, 0.2) is 66.7 Å². The number of fused-ring (bicyclic) bond motifs is 1. The standard InChI is InChI=1S/C26H31F3N2O3S/c1-3-15-30(16-4-2)24(17-20-9-13-25(14-10-20)34-26(27,28)29)19-31(35(32)33)23-12-11-21-7-5-6-8-22(21)18-23/h5-14,18,24H,3-4,15-17,19H2,1-2H3,(H,32,33). The molecule has 0 spiro atoms. The first-order valence-electron chi connectivity index (χ1n) is 11.7. The molecule has 190 valence electrons. The van der Waals surface area contributed by atoms with Gasteiger partial charge in [-0.2, -0.15) is 0 Å². The molecule has 0 aliphatic carbocycles. The van der Waals surface area contributed by atoms with Crippen molar-refractivity contribution in [1.29, 1.82) is 0 Å². The van der Waals surface area contributed by atoms with Crippen molar-refractivity contribution in [2.45, 2.75) is 45.5 Å². The molecule has 0 saturated heterocycles. The van der Waals surface area contributed by atoms with Gasteiger partial charge in [0.1, 0.15) is 5.75 Å². The van der Waals surface area contributed by atoms with Gasteiger partial charge in [-0.3, -0.25) is 13.8 Å². The fourth-order valence-electron chi connectivity index (χ4n) is 4.24. The molecule has 9 heteroatoms. The van der Waals surface area contributed by atoms with Crippen LogP contribution in [-0.4, -0.2) is 45.7 Å². The van der Waals surface area contributed by atoms with Crippen LogP contribution in [-0.2, 0) is 17.7 Å². The van der Waals surface area contributed by atoms with Crippen molar-refractivity contribution >= 4 is 27.7 Å². The molecule has 3 aromatic rings. The van der Waals surface area contributed by atoms with Gasteiger partial charge >= 0.3 is 6.36 Å². The van der Waals surface area contributed by atoms with Crippen LogP contribution in [0.25, 0.3) is 10.8 Å². The van der Waals surface area contributed by atoms with E-state index in [2.05, 4.69) is 23.5 Å². The predicted octanol–water partition coefficient (Wildman–Crippen LogP) is 6.41. The van der Waals surface area contributed by atoms with E-state index in [4.69, 9.17) is 0 Å². The Morgan fingerprint density at radius 1 is 0.943 bits per heavy atom. The first-order valence-corrected chi connectivity index (χ1v) is 12.7. The third-order valence-corrected chi connectivity index (χ3v) is 6.49. The van der Waals surface area contributed by atoms with Crippen molar-refractivity contribution < 1.29 is 26.7 Å². The summed E-state index contributed by atoms with van der Waals surface area (Å²) >= 11 is -2.25. The molecule has 3 rings (SSSR count). The number of ether oxygens (including phenoxy) is 1. The van der Waals surface area contributed by atoms with Crippen molar-refractivity contribution in [2.75, 3.05) is 23.9 Å². The highest BCUT2D eigenvalue weighted by Gasteiger charge is 2.31. The number of hydrogen-bond acceptors (Lipinski definition) is 3. The summed E-state index contributed by atoms with van der Waals surface area (Å²) in [6, 6.07) is 19.2. The van der Waals surface area contributed by atoms with E-state index >= 15 is 0 Å². The van der Waals surface area contributed by atoms with Crippen molar-refractivity contribution in [3.05, 3.63) is 72.3 Å². The number of halogens is 3. The van der Waals surface area contributed by atoms with Crippen LogP contribution in [0.2, 0.25) is 0 Å². The van der Waals surface area contributed by atoms with Crippen LogP contribution in [0.5, 0.6) is 5.75 Å². The van der Waals surface area contributed by atoms with Crippen molar-refractivity contribution in [3.63, 3.8) is 0 Å². The summed E-state index contributed by atoms with van der Waals surface area (Å²) in [7, 11) is 0. The highest BCUT2D eigenvalue weighted by molar-refractivity contribution is 7.80. The number of benzene rings is 3. The maximum atomic E-state index is 12.5. The fraction of sp³-hybridized carbons (Fsp3) is 0.385. The molecule has 0 amide bonds. The average molecular weight is 509 g/mol. The van der Waals surface area contributed by atoms with Gasteiger partial charge in [0, 0.05) is 12.6 Å². The summed E-state index contributed by atoms with van der Waals surface area (Å²) in [6.07, 6.45) is -2.41. The van der Waals surface area contributed by atoms with Crippen molar-refractivity contribution in [3.8, 4) is 5.75 Å². The van der Waals surface area contributed by atoms with Crippen LogP contribution in [0.3, 0.4) is 0 Å². The summed E-state index contributed by atoms with van der Waals surface area (Å²) in [6.45, 7) is 6.04. The Morgan fingerprint density at radius 3 is 2.14 bits per heavy atom. The lowest BCUT2D eigenvalue weighted by Gasteiger charge is -2.35. The quantitative estimate of drug-likeness (QED) is 0.287. The molecule has 2 atom stereocenters. The molecule has 0 radical (unpaired) electrons. The van der Waals surface area contributed by atoms with E-state index in [1.165, 1.54) is 16.4 Å². The molecule has 1 N–H and O–H groups in total. The highest BCUT2D eigenvalue weighted by Crippen LogP contribution is 2.26. The fourth-order valence-corrected chi connectivity index (χ4v) is 4.84. The van der Waals surface area contributed by atoms with Gasteiger partial charge in [-0.25, -0.2) is 4.21 Å². The van der Waals surface area contributed by atoms with Crippen LogP contribution < -0.4 is 9.04 Å². The molecular weight excluding hydrogens is 477 g/mol. The first kappa shape index (κ1) is 27.0. The van der Waals surface area contributed by atoms with Gasteiger partial charge in [-0.15, -0.1) is 13.2 Å². The molecule has 3 aromatic carbocycles. The molecule has 0 bridgehead atoms. The zero-order valence-electron chi connectivity index (χ0n) is 19.9. The summed E-state index contributed by atoms with van der Waals surface area (Å²) in [5, 5.41) is 2.01. The average Bonchev–Trinajstić information content (AvgIpc) is 2.81. The van der Waals surface area contributed by atoms with E-state index in [1.54, 1.807) is 12.1 Å². The summed E-state index contributed by atoms with van der Waals surface area (Å²) in [5.74, 6) is -0.272. The Kier molecular flexibility index (Phi) is 9.54. The molecule has 0 aliphatic rings. The summed E-state index contributed by atoms with van der Waals surface area (Å²) < 4.78 is 65.6. The largest absolute Gasteiger partial charge is 0.573 e. The number of hydrogen-bond donors (Lipinski definition) is 1. The molecule has 0 heterocycles. The zero-order valence-corrected chi connectivity index (χ0v) is 20.7. The van der Waals surface area contributed by atoms with E-state index in [0.717, 1.165) is 42.3 Å². The molecule has 0 aliphatic heterocycles. The minimum absolute atomic E-state index is 0.133. The molecule has 5 nitrogen and oxygen atoms in total. The van der Waals surface area contributed by atoms with Gasteiger partial charge in [0.2, 0.25) is 0 Å². The predicted molar refractivity (Wildman–Crippen MR) is 135 cm³/mol. The van der Waals surface area contributed by atoms with Gasteiger partial charge < -0.3 is 4.74 Å². The van der Waals surface area contributed by atoms with E-state index in [1.807, 2.05) is 42.5 Å². The number of rotatable bonds is 12. The molecule has 0 aromatic heterocycles. The molecule has 35 heavy (non-hydrogen) atoms. The van der Waals surface area contributed by atoms with Gasteiger partial charge in [-0.05, 0) is 73.0 Å². The minimum atomic E-state index is -4.74. The second kappa shape index (κ2) is 12.4. The Labute approximate surface area is 206 Å². The topological polar surface area (TPSA) is 53.0 Å². The van der Waals surface area contributed by atoms with Crippen LogP contribution in [0.4, 0.5) is 18.9 Å². The lowest BCUT2D eigenvalue weighted by molar-refractivity contribution is -0.274. The van der Waals surface area contributed by atoms with E-state index in [9.17, 15) is 21.9 Å². The second-order valence-corrected chi connectivity index (χ2v) is 9.31. The Morgan fingerprint density at radius 2 is 1.57 bits per heavy atom. The maximum Gasteiger partial charge on any atom is 0.573 e. The van der Waals surface area contributed by atoms with Crippen molar-refractivity contribution in [2.24, 2.45) is 0 Å². The Bertz CT molecular complexity index is 1100. The Balaban J connectivity index is 1.88. The number of nitrogens with zero attached hydrogens (tertiary/aromatic N) is 2. The second-order valence-electron chi connectivity index (χ2n) is 8.41. The number of alkyl halides is 3. The Hall–Kier alpha value is -2.62. The molecular formula is C26H31F3N2O3S. The zero-order chi connectivity index (χ0) is 25.4. The van der Waals surface area contributed by atoms with Gasteiger partial charge in [0.25, 0.3) is 11.3 Å². The molecule has 2 unspecified atom stereocenters. The van der Waals surface area contributed by atoms with Gasteiger partial charge in [0.05, 0.1) is 5.69 Å². The van der Waals surface area contributed by atoms with Crippen LogP contribution in [0.1, 0.15) is 32.3 Å². The van der Waals surface area contributed by atoms with Crippen molar-refractivity contribution in [1.82, 2.24) is 4.90 Å². The highest BCUT2D eigenvalue weighted by atomic mass is 32.2.